The van der Waals surface area contributed by atoms with Gasteiger partial charge in [0.25, 0.3) is 11.8 Å². The summed E-state index contributed by atoms with van der Waals surface area (Å²) in [6, 6.07) is 14.2. The third-order valence-electron chi connectivity index (χ3n) is 4.12. The van der Waals surface area contributed by atoms with Crippen LogP contribution in [0.5, 0.6) is 0 Å². The van der Waals surface area contributed by atoms with Crippen molar-refractivity contribution in [2.24, 2.45) is 0 Å². The van der Waals surface area contributed by atoms with Crippen molar-refractivity contribution in [3.8, 4) is 0 Å². The van der Waals surface area contributed by atoms with Gasteiger partial charge in [0.15, 0.2) is 0 Å². The van der Waals surface area contributed by atoms with Crippen LogP contribution in [0.1, 0.15) is 44.9 Å². The van der Waals surface area contributed by atoms with Crippen LogP contribution in [0.2, 0.25) is 0 Å². The van der Waals surface area contributed by atoms with Crippen molar-refractivity contribution in [1.82, 2.24) is 15.8 Å². The summed E-state index contributed by atoms with van der Waals surface area (Å²) in [5, 5.41) is 12.6. The second kappa shape index (κ2) is 6.78. The van der Waals surface area contributed by atoms with Crippen LogP contribution in [0.15, 0.2) is 48.5 Å². The molecule has 0 bridgehead atoms. The molecule has 0 saturated carbocycles. The molecule has 0 aliphatic rings. The number of H-pyrrole nitrogens is 1. The maximum absolute atomic E-state index is 12.5. The van der Waals surface area contributed by atoms with Crippen molar-refractivity contribution in [2.75, 3.05) is 0 Å². The lowest BCUT2D eigenvalue weighted by Crippen LogP contribution is -2.27. The second-order valence-corrected chi connectivity index (χ2v) is 6.04. The Morgan fingerprint density at radius 1 is 1.08 bits per heavy atom. The van der Waals surface area contributed by atoms with Crippen LogP contribution >= 0.6 is 0 Å². The highest BCUT2D eigenvalue weighted by Gasteiger charge is 2.15. The minimum absolute atomic E-state index is 0.224. The summed E-state index contributed by atoms with van der Waals surface area (Å²) in [4.78, 5) is 27.1. The number of hydrogen-bond acceptors (Lipinski definition) is 3. The first-order valence-electron chi connectivity index (χ1n) is 7.92. The Balaban J connectivity index is 1.78. The molecule has 0 radical (unpaired) electrons. The lowest BCUT2D eigenvalue weighted by Gasteiger charge is -2.14. The Bertz CT molecular complexity index is 946. The molecule has 1 unspecified atom stereocenters. The number of aromatic nitrogens is 1. The molecule has 1 aromatic heterocycles. The number of nitrogens with one attached hydrogen (secondary N) is 3. The van der Waals surface area contributed by atoms with E-state index in [4.69, 9.17) is 5.21 Å². The van der Waals surface area contributed by atoms with Crippen LogP contribution in [0.4, 0.5) is 0 Å². The number of benzene rings is 2. The summed E-state index contributed by atoms with van der Waals surface area (Å²) in [5.41, 5.74) is 5.21. The minimum Gasteiger partial charge on any atom is -0.351 e. The van der Waals surface area contributed by atoms with Gasteiger partial charge in [-0.2, -0.15) is 0 Å². The molecule has 2 aromatic carbocycles. The van der Waals surface area contributed by atoms with Crippen molar-refractivity contribution < 1.29 is 14.8 Å². The number of fused-ring (bicyclic) bond motifs is 1. The summed E-state index contributed by atoms with van der Waals surface area (Å²) in [6.45, 7) is 3.84. The molecular formula is C19H19N3O3. The van der Waals surface area contributed by atoms with Gasteiger partial charge in [-0.05, 0) is 49.7 Å². The summed E-state index contributed by atoms with van der Waals surface area (Å²) < 4.78 is 0. The molecule has 3 aromatic rings. The Kier molecular flexibility index (Phi) is 4.54. The van der Waals surface area contributed by atoms with E-state index in [-0.39, 0.29) is 11.9 Å². The van der Waals surface area contributed by atoms with E-state index in [0.29, 0.717) is 11.3 Å². The number of hydrogen-bond donors (Lipinski definition) is 4. The number of amides is 2. The number of aryl methyl sites for hydroxylation is 1. The van der Waals surface area contributed by atoms with Gasteiger partial charge in [0.05, 0.1) is 6.04 Å². The first-order valence-corrected chi connectivity index (χ1v) is 7.92. The normalized spacial score (nSPS) is 12.0. The Hall–Kier alpha value is -3.12. The molecule has 1 heterocycles. The molecular weight excluding hydrogens is 318 g/mol. The van der Waals surface area contributed by atoms with Crippen LogP contribution in [-0.2, 0) is 0 Å². The van der Waals surface area contributed by atoms with E-state index in [1.54, 1.807) is 23.7 Å². The van der Waals surface area contributed by atoms with Crippen molar-refractivity contribution in [1.29, 1.82) is 0 Å². The van der Waals surface area contributed by atoms with E-state index in [9.17, 15) is 9.59 Å². The topological polar surface area (TPSA) is 94.2 Å². The summed E-state index contributed by atoms with van der Waals surface area (Å²) in [7, 11) is 0. The quantitative estimate of drug-likeness (QED) is 0.435. The molecule has 0 aliphatic carbocycles. The summed E-state index contributed by atoms with van der Waals surface area (Å²) in [6.07, 6.45) is 0. The highest BCUT2D eigenvalue weighted by atomic mass is 16.5. The lowest BCUT2D eigenvalue weighted by molar-refractivity contribution is 0.0706. The van der Waals surface area contributed by atoms with E-state index in [1.807, 2.05) is 44.2 Å². The van der Waals surface area contributed by atoms with Gasteiger partial charge in [0, 0.05) is 16.5 Å². The molecule has 128 valence electrons. The average molecular weight is 337 g/mol. The number of carbonyl (C=O) groups is 2. The third kappa shape index (κ3) is 3.54. The van der Waals surface area contributed by atoms with Gasteiger partial charge in [-0.1, -0.05) is 23.8 Å². The maximum Gasteiger partial charge on any atom is 0.274 e. The molecule has 0 saturated heterocycles. The van der Waals surface area contributed by atoms with Gasteiger partial charge in [-0.3, -0.25) is 14.8 Å². The van der Waals surface area contributed by atoms with Crippen LogP contribution < -0.4 is 10.8 Å². The molecule has 6 nitrogen and oxygen atoms in total. The monoisotopic (exact) mass is 337 g/mol. The standard InChI is InChI=1S/C19H19N3O3/c1-11-6-7-16-15(8-11)10-17(21-16)19(24)20-12(2)13-4-3-5-14(9-13)18(23)22-25/h3-10,12,21,25H,1-2H3,(H,20,24)(H,22,23). The molecule has 2 amide bonds. The number of hydroxylamine groups is 1. The van der Waals surface area contributed by atoms with Gasteiger partial charge >= 0.3 is 0 Å². The zero-order chi connectivity index (χ0) is 18.0. The fraction of sp³-hybridized carbons (Fsp3) is 0.158. The van der Waals surface area contributed by atoms with Crippen molar-refractivity contribution in [3.63, 3.8) is 0 Å². The SMILES string of the molecule is Cc1ccc2[nH]c(C(=O)NC(C)c3cccc(C(=O)NO)c3)cc2c1. The molecule has 1 atom stereocenters. The van der Waals surface area contributed by atoms with Crippen LogP contribution in [-0.4, -0.2) is 22.0 Å². The lowest BCUT2D eigenvalue weighted by atomic mass is 10.0. The maximum atomic E-state index is 12.5. The predicted molar refractivity (Wildman–Crippen MR) is 94.6 cm³/mol. The summed E-state index contributed by atoms with van der Waals surface area (Å²) >= 11 is 0. The first kappa shape index (κ1) is 16.7. The second-order valence-electron chi connectivity index (χ2n) is 6.04. The molecule has 4 N–H and O–H groups in total. The smallest absolute Gasteiger partial charge is 0.274 e. The van der Waals surface area contributed by atoms with E-state index in [2.05, 4.69) is 10.3 Å². The Morgan fingerprint density at radius 2 is 1.88 bits per heavy atom. The first-order chi connectivity index (χ1) is 12.0. The zero-order valence-corrected chi connectivity index (χ0v) is 14.0. The van der Waals surface area contributed by atoms with Gasteiger partial charge in [-0.25, -0.2) is 5.48 Å². The highest BCUT2D eigenvalue weighted by Crippen LogP contribution is 2.19. The molecule has 6 heteroatoms. The van der Waals surface area contributed by atoms with Gasteiger partial charge in [0.2, 0.25) is 0 Å². The van der Waals surface area contributed by atoms with Crippen LogP contribution in [0, 0.1) is 6.92 Å². The molecule has 3 rings (SSSR count). The van der Waals surface area contributed by atoms with Crippen LogP contribution in [0.25, 0.3) is 10.9 Å². The largest absolute Gasteiger partial charge is 0.351 e. The number of aromatic amines is 1. The number of carbonyl (C=O) groups excluding carboxylic acids is 2. The Morgan fingerprint density at radius 3 is 2.64 bits per heavy atom. The third-order valence-corrected chi connectivity index (χ3v) is 4.12. The van der Waals surface area contributed by atoms with E-state index in [1.165, 1.54) is 0 Å². The summed E-state index contributed by atoms with van der Waals surface area (Å²) in [5.74, 6) is -0.815. The fourth-order valence-corrected chi connectivity index (χ4v) is 2.75. The van der Waals surface area contributed by atoms with E-state index in [0.717, 1.165) is 22.0 Å². The van der Waals surface area contributed by atoms with Gasteiger partial charge in [-0.15, -0.1) is 0 Å². The average Bonchev–Trinajstić information content (AvgIpc) is 3.04. The van der Waals surface area contributed by atoms with Gasteiger partial charge < -0.3 is 10.3 Å². The molecule has 25 heavy (non-hydrogen) atoms. The zero-order valence-electron chi connectivity index (χ0n) is 14.0. The van der Waals surface area contributed by atoms with Crippen molar-refractivity contribution in [2.45, 2.75) is 19.9 Å². The van der Waals surface area contributed by atoms with E-state index >= 15 is 0 Å². The number of rotatable bonds is 4. The van der Waals surface area contributed by atoms with Crippen molar-refractivity contribution >= 4 is 22.7 Å². The van der Waals surface area contributed by atoms with E-state index < -0.39 is 5.91 Å². The predicted octanol–water partition coefficient (Wildman–Crippen LogP) is 3.09. The molecule has 0 aliphatic heterocycles. The molecule has 0 fully saturated rings. The highest BCUT2D eigenvalue weighted by molar-refractivity contribution is 5.98. The molecule has 0 spiro atoms. The Labute approximate surface area is 144 Å². The van der Waals surface area contributed by atoms with Crippen LogP contribution in [0.3, 0.4) is 0 Å². The van der Waals surface area contributed by atoms with Gasteiger partial charge in [0.1, 0.15) is 5.69 Å². The minimum atomic E-state index is -0.591. The fourth-order valence-electron chi connectivity index (χ4n) is 2.75. The van der Waals surface area contributed by atoms with Crippen molar-refractivity contribution in [3.05, 3.63) is 70.9 Å².